The third-order valence-electron chi connectivity index (χ3n) is 4.72. The van der Waals surface area contributed by atoms with Gasteiger partial charge in [-0.3, -0.25) is 9.59 Å². The molecule has 0 fully saturated rings. The molecule has 0 atom stereocenters. The van der Waals surface area contributed by atoms with Crippen molar-refractivity contribution in [3.63, 3.8) is 0 Å². The van der Waals surface area contributed by atoms with Crippen LogP contribution >= 0.6 is 0 Å². The SMILES string of the molecule is Cc1ccc2[nH]c(=O)c(CNC(=O)c3cc(C)n(-c4ccccc4F)n3)cc2c1. The van der Waals surface area contributed by atoms with Crippen molar-refractivity contribution in [1.82, 2.24) is 20.1 Å². The van der Waals surface area contributed by atoms with Gasteiger partial charge in [0, 0.05) is 23.3 Å². The predicted molar refractivity (Wildman–Crippen MR) is 109 cm³/mol. The molecule has 4 aromatic rings. The largest absolute Gasteiger partial charge is 0.346 e. The Labute approximate surface area is 166 Å². The van der Waals surface area contributed by atoms with Gasteiger partial charge in [0.15, 0.2) is 5.69 Å². The fourth-order valence-electron chi connectivity index (χ4n) is 3.22. The number of rotatable bonds is 4. The molecule has 0 aliphatic heterocycles. The fraction of sp³-hybridized carbons (Fsp3) is 0.136. The monoisotopic (exact) mass is 390 g/mol. The highest BCUT2D eigenvalue weighted by molar-refractivity contribution is 5.92. The molecule has 0 unspecified atom stereocenters. The Balaban J connectivity index is 1.56. The van der Waals surface area contributed by atoms with E-state index in [1.807, 2.05) is 25.1 Å². The number of aryl methyl sites for hydroxylation is 2. The predicted octanol–water partition coefficient (Wildman–Crippen LogP) is 3.40. The van der Waals surface area contributed by atoms with E-state index < -0.39 is 11.7 Å². The first-order valence-electron chi connectivity index (χ1n) is 9.15. The van der Waals surface area contributed by atoms with E-state index >= 15 is 0 Å². The van der Waals surface area contributed by atoms with Gasteiger partial charge in [0.1, 0.15) is 11.5 Å². The summed E-state index contributed by atoms with van der Waals surface area (Å²) in [6, 6.07) is 15.3. The smallest absolute Gasteiger partial charge is 0.272 e. The van der Waals surface area contributed by atoms with Crippen LogP contribution in [0.4, 0.5) is 4.39 Å². The first-order valence-corrected chi connectivity index (χ1v) is 9.15. The lowest BCUT2D eigenvalue weighted by Crippen LogP contribution is -2.27. The summed E-state index contributed by atoms with van der Waals surface area (Å²) < 4.78 is 15.4. The van der Waals surface area contributed by atoms with Crippen LogP contribution in [0.3, 0.4) is 0 Å². The maximum atomic E-state index is 14.0. The number of aromatic amines is 1. The number of H-pyrrole nitrogens is 1. The van der Waals surface area contributed by atoms with E-state index in [0.29, 0.717) is 11.3 Å². The minimum absolute atomic E-state index is 0.0592. The highest BCUT2D eigenvalue weighted by atomic mass is 19.1. The minimum Gasteiger partial charge on any atom is -0.346 e. The van der Waals surface area contributed by atoms with Crippen LogP contribution in [0.1, 0.15) is 27.3 Å². The van der Waals surface area contributed by atoms with Gasteiger partial charge >= 0.3 is 0 Å². The quantitative estimate of drug-likeness (QED) is 0.561. The molecule has 0 radical (unpaired) electrons. The van der Waals surface area contributed by atoms with Gasteiger partial charge in [-0.15, -0.1) is 0 Å². The van der Waals surface area contributed by atoms with Crippen LogP contribution in [0.25, 0.3) is 16.6 Å². The number of carbonyl (C=O) groups is 1. The van der Waals surface area contributed by atoms with Crippen LogP contribution in [0, 0.1) is 19.7 Å². The molecule has 0 aliphatic carbocycles. The van der Waals surface area contributed by atoms with E-state index in [2.05, 4.69) is 15.4 Å². The Morgan fingerprint density at radius 3 is 2.72 bits per heavy atom. The standard InChI is InChI=1S/C22H19FN4O2/c1-13-7-8-18-15(9-13)11-16(21(28)25-18)12-24-22(29)19-10-14(2)27(26-19)20-6-4-3-5-17(20)23/h3-11H,12H2,1-2H3,(H,24,29)(H,25,28). The average molecular weight is 390 g/mol. The summed E-state index contributed by atoms with van der Waals surface area (Å²) in [5.74, 6) is -0.865. The highest BCUT2D eigenvalue weighted by Gasteiger charge is 2.15. The molecule has 0 saturated heterocycles. The molecule has 4 rings (SSSR count). The van der Waals surface area contributed by atoms with E-state index in [0.717, 1.165) is 16.5 Å². The summed E-state index contributed by atoms with van der Waals surface area (Å²) in [6.45, 7) is 3.77. The number of pyridine rings is 1. The summed E-state index contributed by atoms with van der Waals surface area (Å²) in [6.07, 6.45) is 0. The summed E-state index contributed by atoms with van der Waals surface area (Å²) >= 11 is 0. The molecule has 7 heteroatoms. The van der Waals surface area contributed by atoms with E-state index in [4.69, 9.17) is 0 Å². The number of fused-ring (bicyclic) bond motifs is 1. The Hall–Kier alpha value is -3.74. The van der Waals surface area contributed by atoms with Gasteiger partial charge < -0.3 is 10.3 Å². The molecule has 29 heavy (non-hydrogen) atoms. The Morgan fingerprint density at radius 1 is 1.14 bits per heavy atom. The number of halogens is 1. The zero-order valence-corrected chi connectivity index (χ0v) is 16.0. The second-order valence-corrected chi connectivity index (χ2v) is 6.93. The third-order valence-corrected chi connectivity index (χ3v) is 4.72. The lowest BCUT2D eigenvalue weighted by molar-refractivity contribution is 0.0945. The number of hydrogen-bond acceptors (Lipinski definition) is 3. The Kier molecular flexibility index (Phi) is 4.72. The lowest BCUT2D eigenvalue weighted by Gasteiger charge is -2.06. The van der Waals surface area contributed by atoms with Gasteiger partial charge in [0.25, 0.3) is 11.5 Å². The Bertz CT molecular complexity index is 1290. The summed E-state index contributed by atoms with van der Waals surface area (Å²) in [5, 5.41) is 7.83. The maximum Gasteiger partial charge on any atom is 0.272 e. The van der Waals surface area contributed by atoms with Crippen LogP contribution in [0.2, 0.25) is 0 Å². The molecule has 2 heterocycles. The molecular weight excluding hydrogens is 371 g/mol. The number of amides is 1. The number of nitrogens with zero attached hydrogens (tertiary/aromatic N) is 2. The topological polar surface area (TPSA) is 79.8 Å². The normalized spacial score (nSPS) is 11.0. The van der Waals surface area contributed by atoms with Crippen molar-refractivity contribution < 1.29 is 9.18 Å². The molecule has 146 valence electrons. The number of carbonyl (C=O) groups excluding carboxylic acids is 1. The Morgan fingerprint density at radius 2 is 1.93 bits per heavy atom. The number of para-hydroxylation sites is 1. The molecule has 6 nitrogen and oxygen atoms in total. The van der Waals surface area contributed by atoms with Gasteiger partial charge in [-0.25, -0.2) is 9.07 Å². The molecule has 2 N–H and O–H groups in total. The number of aromatic nitrogens is 3. The van der Waals surface area contributed by atoms with Gasteiger partial charge in [-0.1, -0.05) is 23.8 Å². The van der Waals surface area contributed by atoms with Gasteiger partial charge in [-0.2, -0.15) is 5.10 Å². The average Bonchev–Trinajstić information content (AvgIpc) is 3.08. The van der Waals surface area contributed by atoms with Crippen LogP contribution in [-0.2, 0) is 6.54 Å². The van der Waals surface area contributed by atoms with E-state index in [1.54, 1.807) is 37.3 Å². The fourth-order valence-corrected chi connectivity index (χ4v) is 3.22. The second kappa shape index (κ2) is 7.35. The third kappa shape index (κ3) is 3.67. The molecule has 2 aromatic heterocycles. The van der Waals surface area contributed by atoms with Crippen molar-refractivity contribution in [2.75, 3.05) is 0 Å². The molecule has 0 aliphatic rings. The van der Waals surface area contributed by atoms with Crippen molar-refractivity contribution in [3.8, 4) is 5.69 Å². The summed E-state index contributed by atoms with van der Waals surface area (Å²) in [5.41, 5.74) is 3.06. The van der Waals surface area contributed by atoms with Gasteiger partial charge in [-0.05, 0) is 55.6 Å². The van der Waals surface area contributed by atoms with E-state index in [9.17, 15) is 14.0 Å². The van der Waals surface area contributed by atoms with Crippen LogP contribution in [0.15, 0.2) is 59.4 Å². The molecule has 1 amide bonds. The zero-order valence-electron chi connectivity index (χ0n) is 16.0. The summed E-state index contributed by atoms with van der Waals surface area (Å²) in [7, 11) is 0. The van der Waals surface area contributed by atoms with Crippen molar-refractivity contribution in [2.45, 2.75) is 20.4 Å². The molecule has 2 aromatic carbocycles. The lowest BCUT2D eigenvalue weighted by atomic mass is 10.1. The van der Waals surface area contributed by atoms with Gasteiger partial charge in [0.05, 0.1) is 0 Å². The number of nitrogens with one attached hydrogen (secondary N) is 2. The first-order chi connectivity index (χ1) is 13.9. The van der Waals surface area contributed by atoms with Crippen LogP contribution in [0.5, 0.6) is 0 Å². The maximum absolute atomic E-state index is 14.0. The first kappa shape index (κ1) is 18.6. The number of benzene rings is 2. The molecular formula is C22H19FN4O2. The molecule has 0 spiro atoms. The van der Waals surface area contributed by atoms with Crippen molar-refractivity contribution in [3.05, 3.63) is 93.3 Å². The van der Waals surface area contributed by atoms with Crippen LogP contribution in [-0.4, -0.2) is 20.7 Å². The number of hydrogen-bond donors (Lipinski definition) is 2. The van der Waals surface area contributed by atoms with Crippen molar-refractivity contribution in [2.24, 2.45) is 0 Å². The van der Waals surface area contributed by atoms with Crippen molar-refractivity contribution >= 4 is 16.8 Å². The van der Waals surface area contributed by atoms with Crippen LogP contribution < -0.4 is 10.9 Å². The van der Waals surface area contributed by atoms with Crippen molar-refractivity contribution in [1.29, 1.82) is 0 Å². The second-order valence-electron chi connectivity index (χ2n) is 6.93. The molecule has 0 bridgehead atoms. The minimum atomic E-state index is -0.438. The van der Waals surface area contributed by atoms with Gasteiger partial charge in [0.2, 0.25) is 0 Å². The van der Waals surface area contributed by atoms with E-state index in [-0.39, 0.29) is 23.5 Å². The van der Waals surface area contributed by atoms with E-state index in [1.165, 1.54) is 10.7 Å². The zero-order chi connectivity index (χ0) is 20.5. The summed E-state index contributed by atoms with van der Waals surface area (Å²) in [4.78, 5) is 27.6. The molecule has 0 saturated carbocycles. The highest BCUT2D eigenvalue weighted by Crippen LogP contribution is 2.16.